The van der Waals surface area contributed by atoms with Crippen LogP contribution < -0.4 is 9.47 Å². The molecule has 2 heterocycles. The number of phenols is 3. The number of rotatable bonds is 4. The van der Waals surface area contributed by atoms with Crippen LogP contribution in [-0.4, -0.2) is 73.1 Å². The maximum atomic E-state index is 10.5. The van der Waals surface area contributed by atoms with E-state index in [1.165, 1.54) is 30.3 Å². The van der Waals surface area contributed by atoms with E-state index in [0.29, 0.717) is 11.1 Å². The molecule has 2 aliphatic rings. The van der Waals surface area contributed by atoms with E-state index in [4.69, 9.17) is 14.2 Å². The first kappa shape index (κ1) is 20.5. The summed E-state index contributed by atoms with van der Waals surface area (Å²) in [6, 6.07) is 6.73. The van der Waals surface area contributed by atoms with Crippen LogP contribution >= 0.6 is 0 Å². The van der Waals surface area contributed by atoms with Crippen molar-refractivity contribution in [2.75, 3.05) is 6.61 Å². The van der Waals surface area contributed by atoms with E-state index in [0.717, 1.165) is 0 Å². The highest BCUT2D eigenvalue weighted by molar-refractivity contribution is 5.52. The van der Waals surface area contributed by atoms with Gasteiger partial charge in [-0.3, -0.25) is 0 Å². The van der Waals surface area contributed by atoms with Crippen LogP contribution in [0.3, 0.4) is 0 Å². The van der Waals surface area contributed by atoms with Crippen molar-refractivity contribution < 1.29 is 50.0 Å². The van der Waals surface area contributed by atoms with Gasteiger partial charge in [-0.25, -0.2) is 0 Å². The van der Waals surface area contributed by atoms with Crippen LogP contribution in [0.5, 0.6) is 28.7 Å². The Bertz CT molecular complexity index is 932. The van der Waals surface area contributed by atoms with Crippen LogP contribution in [-0.2, 0) is 11.2 Å². The van der Waals surface area contributed by atoms with Crippen molar-refractivity contribution in [1.29, 1.82) is 0 Å². The topological polar surface area (TPSA) is 169 Å². The van der Waals surface area contributed by atoms with E-state index < -0.39 is 43.4 Å². The molecular formula is C20H22O10. The minimum absolute atomic E-state index is 0.0571. The molecule has 0 radical (unpaired) electrons. The standard InChI is InChI=1S/C20H22O10/c21-7-16-17(26)18(27)20(30-16)28-9-4-12(23)10-6-14(25)19(29-15(10)5-9)8-1-2-11(22)13(24)3-8/h1-5,14,16-27H,6-7H2/t14?,16-,17+,18-,19?,20-/m1/s1. The van der Waals surface area contributed by atoms with Gasteiger partial charge in [0.1, 0.15) is 41.7 Å². The lowest BCUT2D eigenvalue weighted by molar-refractivity contribution is -0.116. The molecule has 0 aromatic heterocycles. The molecule has 2 aromatic rings. The Labute approximate surface area is 170 Å². The van der Waals surface area contributed by atoms with Gasteiger partial charge in [0, 0.05) is 24.1 Å². The Morgan fingerprint density at radius 3 is 2.37 bits per heavy atom. The molecule has 2 unspecified atom stereocenters. The largest absolute Gasteiger partial charge is 0.507 e. The third kappa shape index (κ3) is 3.59. The predicted molar refractivity (Wildman–Crippen MR) is 99.3 cm³/mol. The van der Waals surface area contributed by atoms with E-state index in [2.05, 4.69) is 0 Å². The number of ether oxygens (including phenoxy) is 3. The Morgan fingerprint density at radius 2 is 1.70 bits per heavy atom. The second kappa shape index (κ2) is 7.82. The fraction of sp³-hybridized carbons (Fsp3) is 0.400. The van der Waals surface area contributed by atoms with Crippen LogP contribution in [0.15, 0.2) is 30.3 Å². The quantitative estimate of drug-likeness (QED) is 0.324. The molecule has 1 fully saturated rings. The summed E-state index contributed by atoms with van der Waals surface area (Å²) < 4.78 is 16.6. The molecule has 1 saturated heterocycles. The van der Waals surface area contributed by atoms with Gasteiger partial charge in [-0.2, -0.15) is 0 Å². The zero-order chi connectivity index (χ0) is 21.6. The number of aliphatic hydroxyl groups is 4. The van der Waals surface area contributed by atoms with Gasteiger partial charge < -0.3 is 50.0 Å². The monoisotopic (exact) mass is 422 g/mol. The van der Waals surface area contributed by atoms with Crippen molar-refractivity contribution in [1.82, 2.24) is 0 Å². The molecule has 0 aliphatic carbocycles. The van der Waals surface area contributed by atoms with Crippen molar-refractivity contribution in [2.24, 2.45) is 0 Å². The molecule has 10 heteroatoms. The molecule has 7 N–H and O–H groups in total. The summed E-state index contributed by atoms with van der Waals surface area (Å²) in [4.78, 5) is 0. The third-order valence-corrected chi connectivity index (χ3v) is 5.25. The second-order valence-electron chi connectivity index (χ2n) is 7.30. The van der Waals surface area contributed by atoms with E-state index in [1.54, 1.807) is 0 Å². The lowest BCUT2D eigenvalue weighted by Crippen LogP contribution is -2.35. The lowest BCUT2D eigenvalue weighted by Gasteiger charge is -2.32. The number of fused-ring (bicyclic) bond motifs is 1. The summed E-state index contributed by atoms with van der Waals surface area (Å²) in [6.07, 6.45) is -6.86. The number of aliphatic hydroxyl groups excluding tert-OH is 4. The predicted octanol–water partition coefficient (Wildman–Crippen LogP) is -0.342. The minimum atomic E-state index is -1.41. The maximum Gasteiger partial charge on any atom is 0.229 e. The third-order valence-electron chi connectivity index (χ3n) is 5.25. The second-order valence-corrected chi connectivity index (χ2v) is 7.30. The summed E-state index contributed by atoms with van der Waals surface area (Å²) in [6.45, 7) is -0.504. The number of phenolic OH excluding ortho intramolecular Hbond substituents is 3. The molecule has 0 saturated carbocycles. The summed E-state index contributed by atoms with van der Waals surface area (Å²) >= 11 is 0. The highest BCUT2D eigenvalue weighted by atomic mass is 16.7. The van der Waals surface area contributed by atoms with Crippen LogP contribution in [0.2, 0.25) is 0 Å². The molecule has 4 rings (SSSR count). The maximum absolute atomic E-state index is 10.5. The average molecular weight is 422 g/mol. The van der Waals surface area contributed by atoms with Crippen molar-refractivity contribution in [3.8, 4) is 28.7 Å². The molecule has 10 nitrogen and oxygen atoms in total. The van der Waals surface area contributed by atoms with Gasteiger partial charge in [-0.15, -0.1) is 0 Å². The van der Waals surface area contributed by atoms with Crippen LogP contribution in [0.4, 0.5) is 0 Å². The van der Waals surface area contributed by atoms with Crippen LogP contribution in [0, 0.1) is 0 Å². The molecule has 0 bridgehead atoms. The summed E-state index contributed by atoms with van der Waals surface area (Å²) in [7, 11) is 0. The Hall–Kier alpha value is -2.76. The van der Waals surface area contributed by atoms with E-state index in [-0.39, 0.29) is 35.2 Å². The zero-order valence-corrected chi connectivity index (χ0v) is 15.6. The Balaban J connectivity index is 1.59. The first-order chi connectivity index (χ1) is 14.3. The molecule has 2 aromatic carbocycles. The number of aromatic hydroxyl groups is 3. The first-order valence-electron chi connectivity index (χ1n) is 9.30. The molecule has 0 amide bonds. The van der Waals surface area contributed by atoms with Gasteiger partial charge in [-0.1, -0.05) is 6.07 Å². The highest BCUT2D eigenvalue weighted by Gasteiger charge is 2.44. The number of hydrogen-bond donors (Lipinski definition) is 7. The van der Waals surface area contributed by atoms with Crippen molar-refractivity contribution in [3.05, 3.63) is 41.5 Å². The number of benzene rings is 2. The van der Waals surface area contributed by atoms with Gasteiger partial charge in [0.25, 0.3) is 0 Å². The lowest BCUT2D eigenvalue weighted by atomic mass is 9.94. The molecule has 0 spiro atoms. The summed E-state index contributed by atoms with van der Waals surface area (Å²) in [5, 5.41) is 69.0. The fourth-order valence-electron chi connectivity index (χ4n) is 3.62. The van der Waals surface area contributed by atoms with Crippen LogP contribution in [0.1, 0.15) is 17.2 Å². The normalized spacial score (nSPS) is 30.5. The Morgan fingerprint density at radius 1 is 0.933 bits per heavy atom. The summed E-state index contributed by atoms with van der Waals surface area (Å²) in [5.74, 6) is -0.598. The van der Waals surface area contributed by atoms with E-state index >= 15 is 0 Å². The minimum Gasteiger partial charge on any atom is -0.507 e. The molecule has 30 heavy (non-hydrogen) atoms. The molecule has 6 atom stereocenters. The number of hydrogen-bond acceptors (Lipinski definition) is 10. The van der Waals surface area contributed by atoms with Gasteiger partial charge >= 0.3 is 0 Å². The van der Waals surface area contributed by atoms with Crippen molar-refractivity contribution >= 4 is 0 Å². The van der Waals surface area contributed by atoms with E-state index in [9.17, 15) is 35.7 Å². The molecular weight excluding hydrogens is 400 g/mol. The highest BCUT2D eigenvalue weighted by Crippen LogP contribution is 2.43. The average Bonchev–Trinajstić information content (AvgIpc) is 2.98. The van der Waals surface area contributed by atoms with Gasteiger partial charge in [0.05, 0.1) is 12.7 Å². The van der Waals surface area contributed by atoms with Gasteiger partial charge in [0.2, 0.25) is 6.29 Å². The first-order valence-corrected chi connectivity index (χ1v) is 9.30. The van der Waals surface area contributed by atoms with Crippen molar-refractivity contribution in [2.45, 2.75) is 43.2 Å². The Kier molecular flexibility index (Phi) is 5.35. The smallest absolute Gasteiger partial charge is 0.229 e. The van der Waals surface area contributed by atoms with Crippen molar-refractivity contribution in [3.63, 3.8) is 0 Å². The molecule has 2 aliphatic heterocycles. The van der Waals surface area contributed by atoms with Crippen LogP contribution in [0.25, 0.3) is 0 Å². The van der Waals surface area contributed by atoms with Gasteiger partial charge in [-0.05, 0) is 17.7 Å². The van der Waals surface area contributed by atoms with Gasteiger partial charge in [0.15, 0.2) is 11.5 Å². The zero-order valence-electron chi connectivity index (χ0n) is 15.6. The SMILES string of the molecule is OC[C@H]1O[C@@H](Oc2cc(O)c3c(c2)OC(c2ccc(O)c(O)c2)C(O)C3)[C@H](O)[C@H]1O. The van der Waals surface area contributed by atoms with E-state index in [1.807, 2.05) is 0 Å². The summed E-state index contributed by atoms with van der Waals surface area (Å²) in [5.41, 5.74) is 0.757. The molecule has 162 valence electrons. The fourth-order valence-corrected chi connectivity index (χ4v) is 3.62.